The van der Waals surface area contributed by atoms with E-state index in [1.807, 2.05) is 0 Å². The summed E-state index contributed by atoms with van der Waals surface area (Å²) in [5, 5.41) is 0. The Morgan fingerprint density at radius 1 is 0.783 bits per heavy atom. The predicted octanol–water partition coefficient (Wildman–Crippen LogP) is 6.80. The standard InChI is InChI=1S/C20H25ClF2/c21-10-9-14-1-3-15(4-2-14)16-5-7-17(8-6-16)18-11-19(22)13-20(23)12-18/h9-17H,1-8H2/b10-9+/t14-,15-,16?,17?. The quantitative estimate of drug-likeness (QED) is 0.568. The zero-order chi connectivity index (χ0) is 16.2. The van der Waals surface area contributed by atoms with Gasteiger partial charge in [0.15, 0.2) is 0 Å². The van der Waals surface area contributed by atoms with Gasteiger partial charge in [0.05, 0.1) is 0 Å². The van der Waals surface area contributed by atoms with Crippen molar-refractivity contribution < 1.29 is 8.78 Å². The molecule has 0 heterocycles. The third-order valence-corrected chi connectivity index (χ3v) is 6.10. The van der Waals surface area contributed by atoms with E-state index in [4.69, 9.17) is 11.6 Å². The summed E-state index contributed by atoms with van der Waals surface area (Å²) in [6.07, 6.45) is 11.8. The summed E-state index contributed by atoms with van der Waals surface area (Å²) < 4.78 is 26.8. The van der Waals surface area contributed by atoms with E-state index in [-0.39, 0.29) is 0 Å². The average molecular weight is 339 g/mol. The number of rotatable bonds is 3. The maximum atomic E-state index is 13.4. The molecule has 0 spiro atoms. The summed E-state index contributed by atoms with van der Waals surface area (Å²) in [7, 11) is 0. The average Bonchev–Trinajstić information content (AvgIpc) is 2.55. The molecule has 23 heavy (non-hydrogen) atoms. The molecule has 0 amide bonds. The van der Waals surface area contributed by atoms with E-state index in [0.717, 1.165) is 36.3 Å². The highest BCUT2D eigenvalue weighted by Gasteiger charge is 2.31. The van der Waals surface area contributed by atoms with Gasteiger partial charge in [-0.3, -0.25) is 0 Å². The van der Waals surface area contributed by atoms with Crippen LogP contribution in [0.5, 0.6) is 0 Å². The fraction of sp³-hybridized carbons (Fsp3) is 0.600. The van der Waals surface area contributed by atoms with E-state index >= 15 is 0 Å². The third-order valence-electron chi connectivity index (χ3n) is 5.96. The summed E-state index contributed by atoms with van der Waals surface area (Å²) in [5.41, 5.74) is 2.51. The molecule has 1 aromatic carbocycles. The molecule has 0 aromatic heterocycles. The van der Waals surface area contributed by atoms with Gasteiger partial charge < -0.3 is 0 Å². The first-order valence-electron chi connectivity index (χ1n) is 8.88. The molecule has 0 unspecified atom stereocenters. The number of hydrogen-bond donors (Lipinski definition) is 0. The molecule has 3 rings (SSSR count). The first kappa shape index (κ1) is 17.0. The maximum Gasteiger partial charge on any atom is 0.126 e. The highest BCUT2D eigenvalue weighted by molar-refractivity contribution is 6.25. The minimum atomic E-state index is -0.451. The van der Waals surface area contributed by atoms with E-state index in [9.17, 15) is 8.78 Å². The Bertz CT molecular complexity index is 518. The summed E-state index contributed by atoms with van der Waals surface area (Å²) in [6, 6.07) is 3.98. The molecule has 2 fully saturated rings. The molecule has 1 aromatic rings. The van der Waals surface area contributed by atoms with Gasteiger partial charge in [0.2, 0.25) is 0 Å². The Morgan fingerprint density at radius 2 is 1.30 bits per heavy atom. The highest BCUT2D eigenvalue weighted by atomic mass is 35.5. The van der Waals surface area contributed by atoms with Gasteiger partial charge in [0, 0.05) is 11.6 Å². The van der Waals surface area contributed by atoms with Crippen LogP contribution in [-0.2, 0) is 0 Å². The molecule has 2 saturated carbocycles. The van der Waals surface area contributed by atoms with E-state index in [0.29, 0.717) is 11.8 Å². The summed E-state index contributed by atoms with van der Waals surface area (Å²) in [6.45, 7) is 0. The van der Waals surface area contributed by atoms with Crippen molar-refractivity contribution in [2.75, 3.05) is 0 Å². The van der Waals surface area contributed by atoms with Crippen LogP contribution >= 0.6 is 11.6 Å². The van der Waals surface area contributed by atoms with E-state index in [1.54, 1.807) is 5.54 Å². The summed E-state index contributed by atoms with van der Waals surface area (Å²) >= 11 is 5.68. The fourth-order valence-electron chi connectivity index (χ4n) is 4.65. The SMILES string of the molecule is Fc1cc(F)cc(C2CCC([C@H]3CC[C@H](/C=C/Cl)CC3)CC2)c1. The van der Waals surface area contributed by atoms with Gasteiger partial charge in [0.25, 0.3) is 0 Å². The van der Waals surface area contributed by atoms with E-state index in [1.165, 1.54) is 50.7 Å². The second-order valence-corrected chi connectivity index (χ2v) is 7.56. The molecule has 2 aliphatic carbocycles. The zero-order valence-electron chi connectivity index (χ0n) is 13.5. The van der Waals surface area contributed by atoms with Gasteiger partial charge in [-0.05, 0) is 92.7 Å². The number of benzene rings is 1. The van der Waals surface area contributed by atoms with Crippen LogP contribution in [0.25, 0.3) is 0 Å². The van der Waals surface area contributed by atoms with Crippen molar-refractivity contribution in [2.45, 2.75) is 57.3 Å². The van der Waals surface area contributed by atoms with Crippen LogP contribution < -0.4 is 0 Å². The second kappa shape index (κ2) is 7.79. The lowest BCUT2D eigenvalue weighted by atomic mass is 9.68. The van der Waals surface area contributed by atoms with Crippen LogP contribution in [0.3, 0.4) is 0 Å². The van der Waals surface area contributed by atoms with Crippen molar-refractivity contribution in [2.24, 2.45) is 17.8 Å². The second-order valence-electron chi connectivity index (χ2n) is 7.31. The maximum absolute atomic E-state index is 13.4. The van der Waals surface area contributed by atoms with Crippen LogP contribution in [0.1, 0.15) is 62.8 Å². The Kier molecular flexibility index (Phi) is 5.74. The van der Waals surface area contributed by atoms with Crippen molar-refractivity contribution in [1.82, 2.24) is 0 Å². The minimum Gasteiger partial charge on any atom is -0.207 e. The molecule has 3 heteroatoms. The van der Waals surface area contributed by atoms with Crippen LogP contribution in [0.2, 0.25) is 0 Å². The molecule has 0 aliphatic heterocycles. The molecule has 126 valence electrons. The molecule has 0 N–H and O–H groups in total. The largest absolute Gasteiger partial charge is 0.207 e. The summed E-state index contributed by atoms with van der Waals surface area (Å²) in [4.78, 5) is 0. The van der Waals surface area contributed by atoms with Crippen molar-refractivity contribution in [1.29, 1.82) is 0 Å². The fourth-order valence-corrected chi connectivity index (χ4v) is 4.85. The smallest absolute Gasteiger partial charge is 0.126 e. The minimum absolute atomic E-state index is 0.326. The molecule has 2 aliphatic rings. The van der Waals surface area contributed by atoms with Gasteiger partial charge in [0.1, 0.15) is 11.6 Å². The zero-order valence-corrected chi connectivity index (χ0v) is 14.2. The number of hydrogen-bond acceptors (Lipinski definition) is 0. The van der Waals surface area contributed by atoms with Gasteiger partial charge in [-0.15, -0.1) is 0 Å². The normalized spacial score (nSPS) is 32.3. The Balaban J connectivity index is 1.52. The van der Waals surface area contributed by atoms with Crippen molar-refractivity contribution in [3.8, 4) is 0 Å². The first-order valence-corrected chi connectivity index (χ1v) is 9.32. The molecule has 0 radical (unpaired) electrons. The molecular formula is C20H25ClF2. The molecule has 0 saturated heterocycles. The predicted molar refractivity (Wildman–Crippen MR) is 91.5 cm³/mol. The van der Waals surface area contributed by atoms with Crippen LogP contribution in [0.4, 0.5) is 8.78 Å². The Hall–Kier alpha value is -0.890. The van der Waals surface area contributed by atoms with Crippen LogP contribution in [0, 0.1) is 29.4 Å². The highest BCUT2D eigenvalue weighted by Crippen LogP contribution is 2.44. The molecule has 0 atom stereocenters. The van der Waals surface area contributed by atoms with Gasteiger partial charge in [-0.25, -0.2) is 8.78 Å². The first-order chi connectivity index (χ1) is 11.2. The third kappa shape index (κ3) is 4.35. The topological polar surface area (TPSA) is 0 Å². The number of allylic oxidation sites excluding steroid dienone is 1. The number of halogens is 3. The van der Waals surface area contributed by atoms with Gasteiger partial charge >= 0.3 is 0 Å². The van der Waals surface area contributed by atoms with Crippen LogP contribution in [-0.4, -0.2) is 0 Å². The lowest BCUT2D eigenvalue weighted by Crippen LogP contribution is -2.25. The van der Waals surface area contributed by atoms with Crippen molar-refractivity contribution >= 4 is 11.6 Å². The summed E-state index contributed by atoms with van der Waals surface area (Å²) in [5.74, 6) is 1.72. The van der Waals surface area contributed by atoms with Gasteiger partial charge in [-0.2, -0.15) is 0 Å². The molecule has 0 nitrogen and oxygen atoms in total. The monoisotopic (exact) mass is 338 g/mol. The lowest BCUT2D eigenvalue weighted by Gasteiger charge is -2.37. The lowest BCUT2D eigenvalue weighted by molar-refractivity contribution is 0.171. The Labute approximate surface area is 142 Å². The van der Waals surface area contributed by atoms with Crippen LogP contribution in [0.15, 0.2) is 29.8 Å². The van der Waals surface area contributed by atoms with Gasteiger partial charge in [-0.1, -0.05) is 17.7 Å². The van der Waals surface area contributed by atoms with Crippen molar-refractivity contribution in [3.63, 3.8) is 0 Å². The Morgan fingerprint density at radius 3 is 1.83 bits per heavy atom. The molecular weight excluding hydrogens is 314 g/mol. The van der Waals surface area contributed by atoms with E-state index < -0.39 is 11.6 Å². The van der Waals surface area contributed by atoms with Crippen molar-refractivity contribution in [3.05, 3.63) is 47.0 Å². The molecule has 0 bridgehead atoms. The van der Waals surface area contributed by atoms with E-state index in [2.05, 4.69) is 6.08 Å².